The first-order valence-electron chi connectivity index (χ1n) is 6.42. The van der Waals surface area contributed by atoms with E-state index in [1.54, 1.807) is 4.90 Å². The van der Waals surface area contributed by atoms with Gasteiger partial charge in [-0.15, -0.1) is 0 Å². The van der Waals surface area contributed by atoms with Crippen molar-refractivity contribution in [2.24, 2.45) is 0 Å². The molecule has 4 heteroatoms. The molecule has 1 saturated heterocycles. The number of nitrogens with zero attached hydrogens (tertiary/aromatic N) is 1. The smallest absolute Gasteiger partial charge is 0.382 e. The highest BCUT2D eigenvalue weighted by Gasteiger charge is 2.15. The fraction of sp³-hybridized carbons (Fsp3) is 0.250. The van der Waals surface area contributed by atoms with Crippen LogP contribution in [-0.2, 0) is 9.59 Å². The van der Waals surface area contributed by atoms with Gasteiger partial charge in [0.1, 0.15) is 0 Å². The fourth-order valence-electron chi connectivity index (χ4n) is 2.23. The van der Waals surface area contributed by atoms with Crippen LogP contribution in [-0.4, -0.2) is 35.5 Å². The van der Waals surface area contributed by atoms with Crippen molar-refractivity contribution in [1.82, 2.24) is 4.90 Å². The van der Waals surface area contributed by atoms with Gasteiger partial charge in [-0.25, -0.2) is 4.79 Å². The van der Waals surface area contributed by atoms with Gasteiger partial charge in [0.15, 0.2) is 0 Å². The fourth-order valence-corrected chi connectivity index (χ4v) is 2.23. The highest BCUT2D eigenvalue weighted by Crippen LogP contribution is 2.25. The zero-order valence-electron chi connectivity index (χ0n) is 11.0. The van der Waals surface area contributed by atoms with Crippen molar-refractivity contribution in [3.05, 3.63) is 41.5 Å². The van der Waals surface area contributed by atoms with Crippen molar-refractivity contribution in [2.45, 2.75) is 12.8 Å². The van der Waals surface area contributed by atoms with E-state index in [1.807, 2.05) is 30.3 Å². The Morgan fingerprint density at radius 3 is 2.35 bits per heavy atom. The summed E-state index contributed by atoms with van der Waals surface area (Å²) in [6.07, 6.45) is 2.32. The van der Waals surface area contributed by atoms with Crippen LogP contribution in [0.25, 0.3) is 5.57 Å². The van der Waals surface area contributed by atoms with E-state index in [-0.39, 0.29) is 0 Å². The van der Waals surface area contributed by atoms with Crippen LogP contribution in [0.4, 0.5) is 0 Å². The van der Waals surface area contributed by atoms with E-state index in [0.717, 1.165) is 36.0 Å². The van der Waals surface area contributed by atoms with Crippen LogP contribution in [0.15, 0.2) is 35.9 Å². The minimum absolute atomic E-state index is 0.657. The van der Waals surface area contributed by atoms with Gasteiger partial charge < -0.3 is 10.0 Å². The lowest BCUT2D eigenvalue weighted by Gasteiger charge is -2.25. The standard InChI is InChI=1S/C16H15NO3/c18-12-17-10-8-14(9-11-17)15(6-7-16(19)20)13-4-2-1-3-5-13/h1-5,12H,8-11H2,(H,19,20). The zero-order chi connectivity index (χ0) is 14.4. The number of aliphatic carboxylic acids is 1. The number of likely N-dealkylation sites (tertiary alicyclic amines) is 1. The SMILES string of the molecule is O=CN1CCC(=C(C#CC(=O)O)c2ccccc2)CC1. The molecule has 1 aliphatic rings. The molecule has 20 heavy (non-hydrogen) atoms. The minimum atomic E-state index is -1.13. The van der Waals surface area contributed by atoms with E-state index in [0.29, 0.717) is 13.1 Å². The van der Waals surface area contributed by atoms with Gasteiger partial charge in [-0.2, -0.15) is 0 Å². The largest absolute Gasteiger partial charge is 0.472 e. The molecule has 1 fully saturated rings. The van der Waals surface area contributed by atoms with Crippen LogP contribution in [0.5, 0.6) is 0 Å². The summed E-state index contributed by atoms with van der Waals surface area (Å²) in [5, 5.41) is 8.74. The van der Waals surface area contributed by atoms with Crippen LogP contribution in [0, 0.1) is 11.8 Å². The first kappa shape index (κ1) is 13.9. The van der Waals surface area contributed by atoms with Crippen LogP contribution in [0.3, 0.4) is 0 Å². The normalized spacial score (nSPS) is 14.2. The highest BCUT2D eigenvalue weighted by atomic mass is 16.4. The molecular weight excluding hydrogens is 254 g/mol. The van der Waals surface area contributed by atoms with Crippen LogP contribution in [0.2, 0.25) is 0 Å². The second-order valence-electron chi connectivity index (χ2n) is 4.54. The number of piperidine rings is 1. The Bertz CT molecular complexity index is 583. The molecule has 0 unspecified atom stereocenters. The second-order valence-corrected chi connectivity index (χ2v) is 4.54. The average Bonchev–Trinajstić information content (AvgIpc) is 2.49. The lowest BCUT2D eigenvalue weighted by molar-refractivity contribution is -0.130. The predicted octanol–water partition coefficient (Wildman–Crippen LogP) is 1.78. The second kappa shape index (κ2) is 6.58. The molecule has 0 aromatic heterocycles. The molecule has 102 valence electrons. The topological polar surface area (TPSA) is 57.6 Å². The number of rotatable bonds is 2. The number of benzene rings is 1. The van der Waals surface area contributed by atoms with Gasteiger partial charge in [0, 0.05) is 24.6 Å². The monoisotopic (exact) mass is 269 g/mol. The van der Waals surface area contributed by atoms with E-state index >= 15 is 0 Å². The molecule has 0 radical (unpaired) electrons. The molecule has 1 aromatic rings. The van der Waals surface area contributed by atoms with Gasteiger partial charge in [0.25, 0.3) is 0 Å². The van der Waals surface area contributed by atoms with Crippen molar-refractivity contribution < 1.29 is 14.7 Å². The zero-order valence-corrected chi connectivity index (χ0v) is 11.0. The van der Waals surface area contributed by atoms with Gasteiger partial charge in [0.05, 0.1) is 0 Å². The maximum Gasteiger partial charge on any atom is 0.382 e. The van der Waals surface area contributed by atoms with E-state index in [1.165, 1.54) is 0 Å². The van der Waals surface area contributed by atoms with E-state index in [4.69, 9.17) is 5.11 Å². The predicted molar refractivity (Wildman–Crippen MR) is 75.6 cm³/mol. The average molecular weight is 269 g/mol. The van der Waals surface area contributed by atoms with Gasteiger partial charge in [-0.1, -0.05) is 41.8 Å². The summed E-state index contributed by atoms with van der Waals surface area (Å²) in [5.41, 5.74) is 2.82. The quantitative estimate of drug-likeness (QED) is 0.657. The summed E-state index contributed by atoms with van der Waals surface area (Å²) >= 11 is 0. The number of carbonyl (C=O) groups is 2. The summed E-state index contributed by atoms with van der Waals surface area (Å²) in [4.78, 5) is 23.1. The number of amides is 1. The summed E-state index contributed by atoms with van der Waals surface area (Å²) in [6.45, 7) is 1.31. The number of allylic oxidation sites excluding steroid dienone is 1. The maximum atomic E-state index is 10.7. The Morgan fingerprint density at radius 2 is 1.80 bits per heavy atom. The number of hydrogen-bond acceptors (Lipinski definition) is 2. The number of carboxylic acid groups (broad SMARTS) is 1. The lowest BCUT2D eigenvalue weighted by Crippen LogP contribution is -2.29. The molecule has 1 amide bonds. The minimum Gasteiger partial charge on any atom is -0.472 e. The number of carboxylic acids is 1. The molecule has 0 saturated carbocycles. The summed E-state index contributed by atoms with van der Waals surface area (Å²) < 4.78 is 0. The summed E-state index contributed by atoms with van der Waals surface area (Å²) in [7, 11) is 0. The molecule has 0 aliphatic carbocycles. The Morgan fingerprint density at radius 1 is 1.15 bits per heavy atom. The van der Waals surface area contributed by atoms with Gasteiger partial charge in [0.2, 0.25) is 6.41 Å². The third kappa shape index (κ3) is 3.48. The molecule has 2 rings (SSSR count). The van der Waals surface area contributed by atoms with E-state index in [2.05, 4.69) is 11.8 Å². The van der Waals surface area contributed by atoms with E-state index < -0.39 is 5.97 Å². The summed E-state index contributed by atoms with van der Waals surface area (Å²) in [5.74, 6) is 3.82. The molecule has 1 N–H and O–H groups in total. The summed E-state index contributed by atoms with van der Waals surface area (Å²) in [6, 6.07) is 9.55. The number of carbonyl (C=O) groups excluding carboxylic acids is 1. The molecule has 0 spiro atoms. The highest BCUT2D eigenvalue weighted by molar-refractivity contribution is 5.92. The van der Waals surface area contributed by atoms with Crippen LogP contribution >= 0.6 is 0 Å². The molecule has 0 atom stereocenters. The third-order valence-corrected chi connectivity index (χ3v) is 3.26. The van der Waals surface area contributed by atoms with Gasteiger partial charge in [-0.3, -0.25) is 4.79 Å². The Balaban J connectivity index is 2.35. The molecule has 1 aliphatic heterocycles. The maximum absolute atomic E-state index is 10.7. The molecule has 1 heterocycles. The van der Waals surface area contributed by atoms with Crippen LogP contribution in [0.1, 0.15) is 18.4 Å². The Labute approximate surface area is 117 Å². The van der Waals surface area contributed by atoms with Crippen molar-refractivity contribution in [1.29, 1.82) is 0 Å². The molecule has 1 aromatic carbocycles. The van der Waals surface area contributed by atoms with Gasteiger partial charge >= 0.3 is 5.97 Å². The Hall–Kier alpha value is -2.54. The van der Waals surface area contributed by atoms with E-state index in [9.17, 15) is 9.59 Å². The van der Waals surface area contributed by atoms with Crippen LogP contribution < -0.4 is 0 Å². The van der Waals surface area contributed by atoms with Crippen molar-refractivity contribution in [2.75, 3.05) is 13.1 Å². The third-order valence-electron chi connectivity index (χ3n) is 3.26. The Kier molecular flexibility index (Phi) is 4.56. The molecule has 0 bridgehead atoms. The first-order valence-corrected chi connectivity index (χ1v) is 6.42. The first-order chi connectivity index (χ1) is 9.70. The lowest BCUT2D eigenvalue weighted by atomic mass is 9.93. The molecule has 4 nitrogen and oxygen atoms in total. The van der Waals surface area contributed by atoms with Crippen molar-refractivity contribution in [3.8, 4) is 11.8 Å². The van der Waals surface area contributed by atoms with Gasteiger partial charge in [-0.05, 0) is 18.4 Å². The van der Waals surface area contributed by atoms with Crippen molar-refractivity contribution >= 4 is 18.0 Å². The van der Waals surface area contributed by atoms with Crippen molar-refractivity contribution in [3.63, 3.8) is 0 Å². The molecular formula is C16H15NO3. The number of hydrogen-bond donors (Lipinski definition) is 1.